The van der Waals surface area contributed by atoms with E-state index in [0.29, 0.717) is 18.5 Å². The number of halogens is 1. The molecule has 23 heavy (non-hydrogen) atoms. The van der Waals surface area contributed by atoms with E-state index in [1.807, 2.05) is 6.92 Å². The number of carbonyl (C=O) groups is 2. The Bertz CT molecular complexity index is 590. The van der Waals surface area contributed by atoms with Crippen LogP contribution in [0.1, 0.15) is 31.7 Å². The number of amides is 1. The van der Waals surface area contributed by atoms with E-state index in [0.717, 1.165) is 6.42 Å². The lowest BCUT2D eigenvalue weighted by Crippen LogP contribution is -2.49. The third-order valence-electron chi connectivity index (χ3n) is 4.34. The van der Waals surface area contributed by atoms with Gasteiger partial charge in [-0.25, -0.2) is 9.18 Å². The first-order valence-corrected chi connectivity index (χ1v) is 7.77. The van der Waals surface area contributed by atoms with Crippen molar-refractivity contribution < 1.29 is 23.8 Å². The van der Waals surface area contributed by atoms with Gasteiger partial charge in [-0.3, -0.25) is 4.79 Å². The molecule has 1 saturated heterocycles. The lowest BCUT2D eigenvalue weighted by Gasteiger charge is -2.36. The van der Waals surface area contributed by atoms with Crippen molar-refractivity contribution in [1.29, 1.82) is 0 Å². The predicted octanol–water partition coefficient (Wildman–Crippen LogP) is 2.48. The van der Waals surface area contributed by atoms with Gasteiger partial charge in [0.05, 0.1) is 7.11 Å². The minimum absolute atomic E-state index is 0.0856. The van der Waals surface area contributed by atoms with E-state index in [9.17, 15) is 19.1 Å². The number of hydrogen-bond donors (Lipinski definition) is 1. The minimum Gasteiger partial charge on any atom is -0.494 e. The number of ether oxygens (including phenoxy) is 1. The van der Waals surface area contributed by atoms with Crippen molar-refractivity contribution in [2.75, 3.05) is 13.7 Å². The molecule has 1 aliphatic rings. The number of hydrogen-bond acceptors (Lipinski definition) is 3. The van der Waals surface area contributed by atoms with Gasteiger partial charge in [0.1, 0.15) is 6.04 Å². The highest BCUT2D eigenvalue weighted by Gasteiger charge is 2.34. The predicted molar refractivity (Wildman–Crippen MR) is 82.8 cm³/mol. The molecule has 2 rings (SSSR count). The summed E-state index contributed by atoms with van der Waals surface area (Å²) in [6.07, 6.45) is 1.57. The number of aryl methyl sites for hydroxylation is 1. The summed E-state index contributed by atoms with van der Waals surface area (Å²) in [5.41, 5.74) is 0.398. The fourth-order valence-electron chi connectivity index (χ4n) is 2.97. The summed E-state index contributed by atoms with van der Waals surface area (Å²) < 4.78 is 19.0. The number of carboxylic acids is 1. The fraction of sp³-hybridized carbons (Fsp3) is 0.529. The first kappa shape index (κ1) is 17.2. The van der Waals surface area contributed by atoms with Gasteiger partial charge in [0.2, 0.25) is 5.91 Å². The molecule has 1 aliphatic heterocycles. The highest BCUT2D eigenvalue weighted by atomic mass is 19.1. The van der Waals surface area contributed by atoms with E-state index < -0.39 is 17.8 Å². The molecule has 1 heterocycles. The lowest BCUT2D eigenvalue weighted by molar-refractivity contribution is -0.153. The molecule has 2 atom stereocenters. The minimum atomic E-state index is -0.975. The number of nitrogens with zero attached hydrogens (tertiary/aromatic N) is 1. The second kappa shape index (κ2) is 7.44. The summed E-state index contributed by atoms with van der Waals surface area (Å²) in [5.74, 6) is -1.25. The van der Waals surface area contributed by atoms with Gasteiger partial charge in [0.15, 0.2) is 11.6 Å². The van der Waals surface area contributed by atoms with Gasteiger partial charge in [0, 0.05) is 13.0 Å². The molecule has 0 aromatic heterocycles. The summed E-state index contributed by atoms with van der Waals surface area (Å²) in [6, 6.07) is 4.02. The van der Waals surface area contributed by atoms with Crippen LogP contribution in [-0.2, 0) is 16.0 Å². The molecule has 0 spiro atoms. The number of aliphatic carboxylic acids is 1. The molecule has 1 N–H and O–H groups in total. The van der Waals surface area contributed by atoms with Crippen LogP contribution in [0, 0.1) is 11.7 Å². The average molecular weight is 323 g/mol. The molecule has 1 amide bonds. The summed E-state index contributed by atoms with van der Waals surface area (Å²) in [6.45, 7) is 2.43. The maximum atomic E-state index is 14.1. The summed E-state index contributed by atoms with van der Waals surface area (Å²) in [7, 11) is 1.39. The third kappa shape index (κ3) is 4.00. The Kier molecular flexibility index (Phi) is 5.58. The number of methoxy groups -OCH3 is 1. The van der Waals surface area contributed by atoms with Gasteiger partial charge in [-0.2, -0.15) is 0 Å². The largest absolute Gasteiger partial charge is 0.494 e. The highest BCUT2D eigenvalue weighted by molar-refractivity contribution is 5.84. The first-order chi connectivity index (χ1) is 10.9. The molecule has 2 unspecified atom stereocenters. The molecule has 0 saturated carbocycles. The monoisotopic (exact) mass is 323 g/mol. The molecule has 1 fully saturated rings. The molecular formula is C17H22FNO4. The van der Waals surface area contributed by atoms with E-state index in [1.165, 1.54) is 18.1 Å². The SMILES string of the molecule is COc1cccc(CCC(=O)N2CCC(C)CC2C(=O)O)c1F. The Morgan fingerprint density at radius 1 is 1.43 bits per heavy atom. The number of piperidine rings is 1. The molecule has 6 heteroatoms. The van der Waals surface area contributed by atoms with Crippen LogP contribution in [0.15, 0.2) is 18.2 Å². The maximum Gasteiger partial charge on any atom is 0.326 e. The summed E-state index contributed by atoms with van der Waals surface area (Å²) >= 11 is 0. The van der Waals surface area contributed by atoms with Crippen molar-refractivity contribution in [3.8, 4) is 5.75 Å². The average Bonchev–Trinajstić information content (AvgIpc) is 2.53. The van der Waals surface area contributed by atoms with Crippen LogP contribution in [0.4, 0.5) is 4.39 Å². The van der Waals surface area contributed by atoms with Crippen molar-refractivity contribution in [2.24, 2.45) is 5.92 Å². The third-order valence-corrected chi connectivity index (χ3v) is 4.34. The fourth-order valence-corrected chi connectivity index (χ4v) is 2.97. The van der Waals surface area contributed by atoms with Crippen LogP contribution in [0.3, 0.4) is 0 Å². The number of likely N-dealkylation sites (tertiary alicyclic amines) is 1. The molecule has 126 valence electrons. The summed E-state index contributed by atoms with van der Waals surface area (Å²) in [5, 5.41) is 9.30. The zero-order valence-electron chi connectivity index (χ0n) is 13.4. The van der Waals surface area contributed by atoms with Crippen molar-refractivity contribution >= 4 is 11.9 Å². The molecule has 0 bridgehead atoms. The van der Waals surface area contributed by atoms with Crippen molar-refractivity contribution in [3.63, 3.8) is 0 Å². The van der Waals surface area contributed by atoms with Gasteiger partial charge in [-0.05, 0) is 36.8 Å². The van der Waals surface area contributed by atoms with Crippen LogP contribution >= 0.6 is 0 Å². The van der Waals surface area contributed by atoms with E-state index in [-0.39, 0.29) is 30.4 Å². The molecule has 1 aromatic carbocycles. The maximum absolute atomic E-state index is 14.1. The van der Waals surface area contributed by atoms with E-state index in [1.54, 1.807) is 12.1 Å². The Hall–Kier alpha value is -2.11. The molecular weight excluding hydrogens is 301 g/mol. The van der Waals surface area contributed by atoms with Gasteiger partial charge in [-0.15, -0.1) is 0 Å². The Morgan fingerprint density at radius 3 is 2.83 bits per heavy atom. The van der Waals surface area contributed by atoms with E-state index in [2.05, 4.69) is 0 Å². The molecule has 5 nitrogen and oxygen atoms in total. The van der Waals surface area contributed by atoms with Crippen LogP contribution in [0.25, 0.3) is 0 Å². The Balaban J connectivity index is 2.03. The Morgan fingerprint density at radius 2 is 2.17 bits per heavy atom. The van der Waals surface area contributed by atoms with Crippen LogP contribution in [-0.4, -0.2) is 41.6 Å². The van der Waals surface area contributed by atoms with Gasteiger partial charge in [0.25, 0.3) is 0 Å². The number of benzene rings is 1. The van der Waals surface area contributed by atoms with Crippen molar-refractivity contribution in [2.45, 2.75) is 38.6 Å². The zero-order valence-corrected chi connectivity index (χ0v) is 13.4. The summed E-state index contributed by atoms with van der Waals surface area (Å²) in [4.78, 5) is 25.1. The second-order valence-electron chi connectivity index (χ2n) is 6.00. The van der Waals surface area contributed by atoms with E-state index in [4.69, 9.17) is 4.74 Å². The standard InChI is InChI=1S/C17H22FNO4/c1-11-8-9-19(13(10-11)17(21)22)15(20)7-6-12-4-3-5-14(23-2)16(12)18/h3-5,11,13H,6-10H2,1-2H3,(H,21,22). The first-order valence-electron chi connectivity index (χ1n) is 7.77. The van der Waals surface area contributed by atoms with Gasteiger partial charge in [-0.1, -0.05) is 19.1 Å². The van der Waals surface area contributed by atoms with Crippen LogP contribution < -0.4 is 4.74 Å². The van der Waals surface area contributed by atoms with Crippen LogP contribution in [0.5, 0.6) is 5.75 Å². The number of rotatable bonds is 5. The highest BCUT2D eigenvalue weighted by Crippen LogP contribution is 2.25. The van der Waals surface area contributed by atoms with E-state index >= 15 is 0 Å². The number of carbonyl (C=O) groups excluding carboxylic acids is 1. The van der Waals surface area contributed by atoms with Gasteiger partial charge >= 0.3 is 5.97 Å². The quantitative estimate of drug-likeness (QED) is 0.904. The van der Waals surface area contributed by atoms with Crippen molar-refractivity contribution in [3.05, 3.63) is 29.6 Å². The zero-order chi connectivity index (χ0) is 17.0. The smallest absolute Gasteiger partial charge is 0.326 e. The second-order valence-corrected chi connectivity index (χ2v) is 6.00. The number of carboxylic acid groups (broad SMARTS) is 1. The van der Waals surface area contributed by atoms with Crippen molar-refractivity contribution in [1.82, 2.24) is 4.90 Å². The normalized spacial score (nSPS) is 21.1. The topological polar surface area (TPSA) is 66.8 Å². The Labute approximate surface area is 135 Å². The van der Waals surface area contributed by atoms with Gasteiger partial charge < -0.3 is 14.7 Å². The molecule has 0 aliphatic carbocycles. The van der Waals surface area contributed by atoms with Crippen LogP contribution in [0.2, 0.25) is 0 Å². The molecule has 1 aromatic rings. The lowest BCUT2D eigenvalue weighted by atomic mass is 9.92. The molecule has 0 radical (unpaired) electrons.